The zero-order valence-electron chi connectivity index (χ0n) is 14.2. The molecule has 7 heteroatoms. The predicted octanol–water partition coefficient (Wildman–Crippen LogP) is 3.57. The van der Waals surface area contributed by atoms with Crippen LogP contribution < -0.4 is 0 Å². The summed E-state index contributed by atoms with van der Waals surface area (Å²) in [5.41, 5.74) is 2.07. The van der Waals surface area contributed by atoms with Gasteiger partial charge in [-0.05, 0) is 32.4 Å². The van der Waals surface area contributed by atoms with Gasteiger partial charge in [-0.2, -0.15) is 5.10 Å². The maximum Gasteiger partial charge on any atom is 0.229 e. The molecule has 3 rings (SSSR count). The summed E-state index contributed by atoms with van der Waals surface area (Å²) in [5, 5.41) is 4.29. The van der Waals surface area contributed by atoms with Crippen LogP contribution in [0, 0.1) is 12.8 Å². The highest BCUT2D eigenvalue weighted by Gasteiger charge is 2.38. The first kappa shape index (κ1) is 17.5. The summed E-state index contributed by atoms with van der Waals surface area (Å²) in [4.78, 5) is 16.1. The number of nitrogens with zero attached hydrogens (tertiary/aromatic N) is 3. The molecule has 0 aliphatic carbocycles. The van der Waals surface area contributed by atoms with E-state index < -0.39 is 0 Å². The van der Waals surface area contributed by atoms with Crippen LogP contribution in [0.3, 0.4) is 0 Å². The second-order valence-electron chi connectivity index (χ2n) is 6.05. The molecule has 0 aromatic carbocycles. The van der Waals surface area contributed by atoms with Crippen molar-refractivity contribution in [2.45, 2.75) is 32.9 Å². The van der Waals surface area contributed by atoms with Gasteiger partial charge in [0.25, 0.3) is 0 Å². The molecule has 0 bridgehead atoms. The maximum atomic E-state index is 13.1. The normalized spacial score (nSPS) is 20.5. The number of hydrogen-bond acceptors (Lipinski definition) is 4. The number of thiophene rings is 1. The van der Waals surface area contributed by atoms with Crippen LogP contribution in [0.5, 0.6) is 0 Å². The Morgan fingerprint density at radius 1 is 1.54 bits per heavy atom. The summed E-state index contributed by atoms with van der Waals surface area (Å²) >= 11 is 7.52. The van der Waals surface area contributed by atoms with Crippen molar-refractivity contribution in [2.24, 2.45) is 13.0 Å². The van der Waals surface area contributed by atoms with Gasteiger partial charge in [0.2, 0.25) is 5.91 Å². The van der Waals surface area contributed by atoms with Crippen molar-refractivity contribution >= 4 is 28.8 Å². The molecule has 5 nitrogen and oxygen atoms in total. The average Bonchev–Trinajstić information content (AvgIpc) is 3.27. The number of amides is 1. The van der Waals surface area contributed by atoms with E-state index in [2.05, 4.69) is 5.10 Å². The van der Waals surface area contributed by atoms with Gasteiger partial charge in [-0.25, -0.2) is 0 Å². The Kier molecular flexibility index (Phi) is 5.27. The van der Waals surface area contributed by atoms with E-state index in [9.17, 15) is 4.79 Å². The lowest BCUT2D eigenvalue weighted by Gasteiger charge is -2.26. The van der Waals surface area contributed by atoms with Crippen LogP contribution in [0.2, 0.25) is 4.34 Å². The smallest absolute Gasteiger partial charge is 0.229 e. The Bertz CT molecular complexity index is 727. The molecule has 1 fully saturated rings. The third-order valence-corrected chi connectivity index (χ3v) is 5.87. The van der Waals surface area contributed by atoms with Gasteiger partial charge in [-0.3, -0.25) is 9.48 Å². The van der Waals surface area contributed by atoms with Crippen LogP contribution in [-0.2, 0) is 23.1 Å². The second kappa shape index (κ2) is 7.25. The number of ether oxygens (including phenoxy) is 1. The SMILES string of the molecule is CCN(Cc1ccc(Cl)s1)C(=O)[C@H]1CCO[C@@H]1c1cnn(C)c1C. The Labute approximate surface area is 151 Å². The monoisotopic (exact) mass is 367 g/mol. The van der Waals surface area contributed by atoms with Gasteiger partial charge < -0.3 is 9.64 Å². The summed E-state index contributed by atoms with van der Waals surface area (Å²) < 4.78 is 8.47. The summed E-state index contributed by atoms with van der Waals surface area (Å²) in [7, 11) is 1.91. The number of carbonyl (C=O) groups is 1. The lowest BCUT2D eigenvalue weighted by molar-refractivity contribution is -0.137. The second-order valence-corrected chi connectivity index (χ2v) is 7.85. The van der Waals surface area contributed by atoms with Crippen molar-refractivity contribution in [1.29, 1.82) is 0 Å². The van der Waals surface area contributed by atoms with E-state index in [4.69, 9.17) is 16.3 Å². The first-order valence-electron chi connectivity index (χ1n) is 8.14. The predicted molar refractivity (Wildman–Crippen MR) is 95.2 cm³/mol. The Morgan fingerprint density at radius 3 is 2.92 bits per heavy atom. The summed E-state index contributed by atoms with van der Waals surface area (Å²) in [5.74, 6) is -0.00365. The largest absolute Gasteiger partial charge is 0.373 e. The molecule has 24 heavy (non-hydrogen) atoms. The van der Waals surface area contributed by atoms with Gasteiger partial charge in [-0.1, -0.05) is 11.6 Å². The molecular weight excluding hydrogens is 346 g/mol. The van der Waals surface area contributed by atoms with Gasteiger partial charge in [0.1, 0.15) is 0 Å². The summed E-state index contributed by atoms with van der Waals surface area (Å²) in [6.45, 7) is 5.90. The molecule has 2 aromatic heterocycles. The minimum absolute atomic E-state index is 0.146. The van der Waals surface area contributed by atoms with Crippen LogP contribution in [-0.4, -0.2) is 33.7 Å². The molecule has 3 heterocycles. The molecule has 0 spiro atoms. The lowest BCUT2D eigenvalue weighted by atomic mass is 9.94. The number of rotatable bonds is 5. The molecule has 1 saturated heterocycles. The number of carbonyl (C=O) groups excluding carboxylic acids is 1. The molecular formula is C17H22ClN3O2S. The van der Waals surface area contributed by atoms with Crippen molar-refractivity contribution in [3.63, 3.8) is 0 Å². The molecule has 0 saturated carbocycles. The highest BCUT2D eigenvalue weighted by Crippen LogP contribution is 2.37. The standard InChI is InChI=1S/C17H22ClN3O2S/c1-4-21(10-12-5-6-15(18)24-12)17(22)13-7-8-23-16(13)14-9-19-20(3)11(14)2/h5-6,9,13,16H,4,7-8,10H2,1-3H3/t13-,16-/m0/s1. The van der Waals surface area contributed by atoms with Gasteiger partial charge in [0.15, 0.2) is 0 Å². The third kappa shape index (κ3) is 3.36. The molecule has 0 unspecified atom stereocenters. The van der Waals surface area contributed by atoms with Crippen LogP contribution in [0.1, 0.15) is 35.6 Å². The molecule has 0 radical (unpaired) electrons. The quantitative estimate of drug-likeness (QED) is 0.811. The average molecular weight is 368 g/mol. The molecule has 2 atom stereocenters. The van der Waals surface area contributed by atoms with E-state index in [1.807, 2.05) is 48.8 Å². The number of aryl methyl sites for hydroxylation is 1. The molecule has 1 aliphatic heterocycles. The molecule has 2 aromatic rings. The van der Waals surface area contributed by atoms with E-state index >= 15 is 0 Å². The molecule has 1 amide bonds. The number of aromatic nitrogens is 2. The zero-order chi connectivity index (χ0) is 17.3. The third-order valence-electron chi connectivity index (χ3n) is 4.66. The van der Waals surface area contributed by atoms with E-state index in [1.54, 1.807) is 0 Å². The topological polar surface area (TPSA) is 47.4 Å². The van der Waals surface area contributed by atoms with Crippen LogP contribution >= 0.6 is 22.9 Å². The van der Waals surface area contributed by atoms with Gasteiger partial charge in [0.05, 0.1) is 29.1 Å². The number of halogens is 1. The number of hydrogen-bond donors (Lipinski definition) is 0. The van der Waals surface area contributed by atoms with Crippen LogP contribution in [0.25, 0.3) is 0 Å². The summed E-state index contributed by atoms with van der Waals surface area (Å²) in [6.07, 6.45) is 2.37. The van der Waals surface area contributed by atoms with Gasteiger partial charge >= 0.3 is 0 Å². The van der Waals surface area contributed by atoms with E-state index in [0.717, 1.165) is 26.9 Å². The highest BCUT2D eigenvalue weighted by molar-refractivity contribution is 7.16. The van der Waals surface area contributed by atoms with Crippen molar-refractivity contribution in [3.8, 4) is 0 Å². The Balaban J connectivity index is 1.77. The molecule has 130 valence electrons. The van der Waals surface area contributed by atoms with Crippen LogP contribution in [0.15, 0.2) is 18.3 Å². The lowest BCUT2D eigenvalue weighted by Crippen LogP contribution is -2.36. The highest BCUT2D eigenvalue weighted by atomic mass is 35.5. The summed E-state index contributed by atoms with van der Waals surface area (Å²) in [6, 6.07) is 3.86. The van der Waals surface area contributed by atoms with Crippen molar-refractivity contribution in [1.82, 2.24) is 14.7 Å². The zero-order valence-corrected chi connectivity index (χ0v) is 15.7. The fraction of sp³-hybridized carbons (Fsp3) is 0.529. The minimum Gasteiger partial charge on any atom is -0.373 e. The van der Waals surface area contributed by atoms with E-state index in [1.165, 1.54) is 11.3 Å². The fourth-order valence-electron chi connectivity index (χ4n) is 3.15. The van der Waals surface area contributed by atoms with Gasteiger partial charge in [-0.15, -0.1) is 11.3 Å². The van der Waals surface area contributed by atoms with Gasteiger partial charge in [0, 0.05) is 36.3 Å². The molecule has 0 N–H and O–H groups in total. The fourth-order valence-corrected chi connectivity index (χ4v) is 4.25. The Morgan fingerprint density at radius 2 is 2.33 bits per heavy atom. The maximum absolute atomic E-state index is 13.1. The van der Waals surface area contributed by atoms with Crippen LogP contribution in [0.4, 0.5) is 0 Å². The van der Waals surface area contributed by atoms with E-state index in [0.29, 0.717) is 19.7 Å². The first-order valence-corrected chi connectivity index (χ1v) is 9.33. The van der Waals surface area contributed by atoms with E-state index in [-0.39, 0.29) is 17.9 Å². The van der Waals surface area contributed by atoms with Crippen molar-refractivity contribution in [2.75, 3.05) is 13.2 Å². The van der Waals surface area contributed by atoms with Crippen molar-refractivity contribution in [3.05, 3.63) is 38.8 Å². The Hall–Kier alpha value is -1.37. The minimum atomic E-state index is -0.202. The first-order chi connectivity index (χ1) is 11.5. The van der Waals surface area contributed by atoms with Crippen molar-refractivity contribution < 1.29 is 9.53 Å². The molecule has 1 aliphatic rings.